The Morgan fingerprint density at radius 1 is 1.12 bits per heavy atom. The molecule has 0 aromatic rings. The summed E-state index contributed by atoms with van der Waals surface area (Å²) in [6.07, 6.45) is 0. The fourth-order valence-corrected chi connectivity index (χ4v) is 2.82. The lowest BCUT2D eigenvalue weighted by atomic mass is 10.8. The van der Waals surface area contributed by atoms with Gasteiger partial charge in [-0.1, -0.05) is 23.2 Å². The minimum atomic E-state index is -3.00. The molecule has 8 heteroatoms. The van der Waals surface area contributed by atoms with Crippen LogP contribution in [0.2, 0.25) is 0 Å². The van der Waals surface area contributed by atoms with Gasteiger partial charge in [-0.2, -0.15) is 4.74 Å². The van der Waals surface area contributed by atoms with Gasteiger partial charge in [0.25, 0.3) is 5.91 Å². The zero-order valence-corrected chi connectivity index (χ0v) is 11.9. The number of amides is 1. The lowest BCUT2D eigenvalue weighted by molar-refractivity contribution is -0.116. The molecule has 0 aromatic carbocycles. The third-order valence-electron chi connectivity index (χ3n) is 1.28. The predicted molar refractivity (Wildman–Crippen MR) is 64.7 cm³/mol. The second kappa shape index (κ2) is 8.45. The first kappa shape index (κ1) is 16.4. The first-order valence-electron chi connectivity index (χ1n) is 4.89. The molecule has 0 spiro atoms. The van der Waals surface area contributed by atoms with E-state index in [1.807, 2.05) is 0 Å². The highest BCUT2D eigenvalue weighted by Crippen LogP contribution is 2.53. The van der Waals surface area contributed by atoms with E-state index in [9.17, 15) is 4.79 Å². The largest absolute Gasteiger partial charge is 0.363 e. The van der Waals surface area contributed by atoms with Gasteiger partial charge < -0.3 is 13.6 Å². The number of alkyl halides is 2. The predicted octanol–water partition coefficient (Wildman–Crippen LogP) is 3.37. The zero-order valence-electron chi connectivity index (χ0n) is 9.48. The van der Waals surface area contributed by atoms with Crippen molar-refractivity contribution in [2.24, 2.45) is 4.74 Å². The molecule has 0 bridgehead atoms. The van der Waals surface area contributed by atoms with E-state index in [0.717, 1.165) is 0 Å². The first-order valence-corrected chi connectivity index (χ1v) is 7.26. The highest BCUT2D eigenvalue weighted by Gasteiger charge is 2.26. The van der Waals surface area contributed by atoms with Gasteiger partial charge in [0.1, 0.15) is 0 Å². The fraction of sp³-hybridized carbons (Fsp3) is 0.875. The molecule has 0 fully saturated rings. The molecule has 0 aliphatic heterocycles. The summed E-state index contributed by atoms with van der Waals surface area (Å²) < 4.78 is 19.6. The average molecular weight is 292 g/mol. The van der Waals surface area contributed by atoms with Crippen molar-refractivity contribution < 1.29 is 18.4 Å². The highest BCUT2D eigenvalue weighted by atomic mass is 35.5. The molecular weight excluding hydrogens is 276 g/mol. The van der Waals surface area contributed by atoms with Gasteiger partial charge in [0.15, 0.2) is 4.84 Å². The van der Waals surface area contributed by atoms with E-state index < -0.39 is 18.5 Å². The average Bonchev–Trinajstić information content (AvgIpc) is 2.18. The van der Waals surface area contributed by atoms with E-state index in [-0.39, 0.29) is 0 Å². The lowest BCUT2D eigenvalue weighted by Gasteiger charge is -2.21. The Morgan fingerprint density at radius 3 is 1.75 bits per heavy atom. The summed E-state index contributed by atoms with van der Waals surface area (Å²) in [6.45, 7) is 6.22. The highest BCUT2D eigenvalue weighted by molar-refractivity contribution is 7.51. The Kier molecular flexibility index (Phi) is 8.64. The van der Waals surface area contributed by atoms with Crippen LogP contribution in [-0.2, 0) is 18.4 Å². The second-order valence-electron chi connectivity index (χ2n) is 2.46. The molecule has 0 N–H and O–H groups in total. The van der Waals surface area contributed by atoms with Crippen LogP contribution in [0.3, 0.4) is 0 Å². The minimum absolute atomic E-state index is 0.319. The first-order chi connectivity index (χ1) is 7.51. The molecule has 0 unspecified atom stereocenters. The summed E-state index contributed by atoms with van der Waals surface area (Å²) in [7, 11) is -3.00. The molecule has 0 radical (unpaired) electrons. The summed E-state index contributed by atoms with van der Waals surface area (Å²) in [4.78, 5) is 10.1. The number of hydrogen-bond acceptors (Lipinski definition) is 4. The molecule has 0 aliphatic rings. The third kappa shape index (κ3) is 5.62. The van der Waals surface area contributed by atoms with Crippen LogP contribution in [0.4, 0.5) is 0 Å². The van der Waals surface area contributed by atoms with E-state index in [2.05, 4.69) is 4.74 Å². The molecule has 0 aromatic heterocycles. The van der Waals surface area contributed by atoms with Crippen molar-refractivity contribution in [1.29, 1.82) is 0 Å². The fourth-order valence-electron chi connectivity index (χ4n) is 0.852. The van der Waals surface area contributed by atoms with Crippen LogP contribution in [0.15, 0.2) is 4.74 Å². The molecular formula is C8H16Cl2NO4P. The number of hydrogen-bond donors (Lipinski definition) is 0. The number of rotatable bonds is 7. The molecule has 0 rings (SSSR count). The quantitative estimate of drug-likeness (QED) is 0.533. The van der Waals surface area contributed by atoms with Crippen molar-refractivity contribution in [3.8, 4) is 0 Å². The molecule has 0 saturated heterocycles. The van der Waals surface area contributed by atoms with Crippen LogP contribution in [0.1, 0.15) is 20.8 Å². The zero-order chi connectivity index (χ0) is 12.6. The molecule has 1 amide bonds. The van der Waals surface area contributed by atoms with Crippen LogP contribution in [0, 0.1) is 0 Å². The number of halogens is 2. The molecule has 96 valence electrons. The second-order valence-corrected chi connectivity index (χ2v) is 5.47. The van der Waals surface area contributed by atoms with Crippen LogP contribution < -0.4 is 0 Å². The van der Waals surface area contributed by atoms with Crippen molar-refractivity contribution in [1.82, 2.24) is 0 Å². The third-order valence-corrected chi connectivity index (χ3v) is 3.85. The maximum atomic E-state index is 11.3. The number of nitrogens with zero attached hydrogens (tertiary/aromatic N) is 1. The van der Waals surface area contributed by atoms with Gasteiger partial charge in [0.05, 0.1) is 19.8 Å². The van der Waals surface area contributed by atoms with Crippen LogP contribution in [0.25, 0.3) is 0 Å². The van der Waals surface area contributed by atoms with E-state index in [1.54, 1.807) is 20.8 Å². The van der Waals surface area contributed by atoms with Gasteiger partial charge in [0, 0.05) is 0 Å². The maximum Gasteiger partial charge on any atom is 0.363 e. The smallest absolute Gasteiger partial charge is 0.303 e. The standard InChI is InChI=1S/C8H16Cl2NO4P/c1-4-13-16(14-5-2,15-6-3)11-8(12)7(9)10/h7H,4-6H2,1-3H3. The van der Waals surface area contributed by atoms with Crippen molar-refractivity contribution in [2.45, 2.75) is 25.6 Å². The van der Waals surface area contributed by atoms with Crippen molar-refractivity contribution in [2.75, 3.05) is 19.8 Å². The monoisotopic (exact) mass is 291 g/mol. The Morgan fingerprint density at radius 2 is 1.50 bits per heavy atom. The van der Waals surface area contributed by atoms with Crippen molar-refractivity contribution in [3.63, 3.8) is 0 Å². The Balaban J connectivity index is 5.05. The summed E-state index contributed by atoms with van der Waals surface area (Å²) in [5, 5.41) is 0. The summed E-state index contributed by atoms with van der Waals surface area (Å²) in [5.74, 6) is -0.716. The van der Waals surface area contributed by atoms with Gasteiger partial charge in [-0.05, 0) is 20.8 Å². The van der Waals surface area contributed by atoms with E-state index >= 15 is 0 Å². The van der Waals surface area contributed by atoms with Crippen molar-refractivity contribution in [3.05, 3.63) is 0 Å². The van der Waals surface area contributed by atoms with Crippen LogP contribution >= 0.6 is 30.9 Å². The normalized spacial score (nSPS) is 11.9. The van der Waals surface area contributed by atoms with Gasteiger partial charge in [0.2, 0.25) is 0 Å². The Bertz CT molecular complexity index is 249. The Labute approximate surface area is 106 Å². The van der Waals surface area contributed by atoms with Gasteiger partial charge >= 0.3 is 7.74 Å². The topological polar surface area (TPSA) is 57.1 Å². The summed E-state index contributed by atoms with van der Waals surface area (Å²) in [6, 6.07) is 0. The molecule has 0 atom stereocenters. The van der Waals surface area contributed by atoms with Crippen LogP contribution in [0.5, 0.6) is 0 Å². The van der Waals surface area contributed by atoms with Crippen molar-refractivity contribution >= 4 is 36.8 Å². The molecule has 0 heterocycles. The Hall–Kier alpha value is 0.360. The number of carbonyl (C=O) groups excluding carboxylic acids is 1. The van der Waals surface area contributed by atoms with Gasteiger partial charge in [-0.25, -0.2) is 0 Å². The van der Waals surface area contributed by atoms with E-state index in [4.69, 9.17) is 36.8 Å². The maximum absolute atomic E-state index is 11.3. The number of carbonyl (C=O) groups is 1. The van der Waals surface area contributed by atoms with Crippen LogP contribution in [-0.4, -0.2) is 30.6 Å². The van der Waals surface area contributed by atoms with Gasteiger partial charge in [-0.15, -0.1) is 0 Å². The molecule has 5 nitrogen and oxygen atoms in total. The van der Waals surface area contributed by atoms with E-state index in [1.165, 1.54) is 0 Å². The van der Waals surface area contributed by atoms with E-state index in [0.29, 0.717) is 19.8 Å². The lowest BCUT2D eigenvalue weighted by Crippen LogP contribution is -2.08. The summed E-state index contributed by atoms with van der Waals surface area (Å²) in [5.41, 5.74) is 0. The van der Waals surface area contributed by atoms with Gasteiger partial charge in [-0.3, -0.25) is 4.79 Å². The molecule has 0 aliphatic carbocycles. The molecule has 16 heavy (non-hydrogen) atoms. The summed E-state index contributed by atoms with van der Waals surface area (Å²) >= 11 is 10.8. The molecule has 0 saturated carbocycles. The SMILES string of the molecule is CCOP(=NC(=O)C(Cl)Cl)(OCC)OCC. The minimum Gasteiger partial charge on any atom is -0.303 e.